The molecule has 1 aliphatic rings. The molecule has 0 bridgehead atoms. The first-order valence-electron chi connectivity index (χ1n) is 8.69. The Labute approximate surface area is 156 Å². The van der Waals surface area contributed by atoms with Crippen LogP contribution in [0, 0.1) is 5.92 Å². The van der Waals surface area contributed by atoms with E-state index >= 15 is 0 Å². The Morgan fingerprint density at radius 1 is 1.35 bits per heavy atom. The first-order valence-corrected chi connectivity index (χ1v) is 9.57. The Hall–Kier alpha value is -2.41. The standard InChI is InChI=1S/C19H22N2O4S/c1-3-25-15-6-4-13(5-7-15)18-20-14(11-26-18)10-17(22)21-9-8-16(12(21)2)19(23)24/h4-7,11-12,16H,3,8-10H2,1-2H3,(H,23,24). The number of hydrogen-bond donors (Lipinski definition) is 1. The number of carbonyl (C=O) groups is 2. The Bertz CT molecular complexity index is 787. The van der Waals surface area contributed by atoms with Gasteiger partial charge in [-0.2, -0.15) is 0 Å². The molecular weight excluding hydrogens is 352 g/mol. The van der Waals surface area contributed by atoms with Crippen molar-refractivity contribution < 1.29 is 19.4 Å². The highest BCUT2D eigenvalue weighted by Crippen LogP contribution is 2.28. The molecule has 0 radical (unpaired) electrons. The summed E-state index contributed by atoms with van der Waals surface area (Å²) >= 11 is 1.50. The fraction of sp³-hybridized carbons (Fsp3) is 0.421. The number of benzene rings is 1. The minimum atomic E-state index is -0.834. The third-order valence-corrected chi connectivity index (χ3v) is 5.63. The smallest absolute Gasteiger partial charge is 0.308 e. The highest BCUT2D eigenvalue weighted by Gasteiger charge is 2.38. The largest absolute Gasteiger partial charge is 0.494 e. The van der Waals surface area contributed by atoms with Crippen LogP contribution >= 0.6 is 11.3 Å². The molecule has 26 heavy (non-hydrogen) atoms. The van der Waals surface area contributed by atoms with Crippen LogP contribution in [0.3, 0.4) is 0 Å². The van der Waals surface area contributed by atoms with Crippen molar-refractivity contribution in [3.8, 4) is 16.3 Å². The van der Waals surface area contributed by atoms with Gasteiger partial charge >= 0.3 is 5.97 Å². The van der Waals surface area contributed by atoms with Crippen LogP contribution in [0.5, 0.6) is 5.75 Å². The predicted molar refractivity (Wildman–Crippen MR) is 99.3 cm³/mol. The van der Waals surface area contributed by atoms with Crippen LogP contribution < -0.4 is 4.74 Å². The van der Waals surface area contributed by atoms with Gasteiger partial charge in [0.15, 0.2) is 0 Å². The lowest BCUT2D eigenvalue weighted by atomic mass is 10.0. The van der Waals surface area contributed by atoms with E-state index in [4.69, 9.17) is 4.74 Å². The maximum Gasteiger partial charge on any atom is 0.308 e. The number of carboxylic acid groups (broad SMARTS) is 1. The number of thiazole rings is 1. The lowest BCUT2D eigenvalue weighted by Gasteiger charge is -2.22. The summed E-state index contributed by atoms with van der Waals surface area (Å²) in [5.41, 5.74) is 1.70. The van der Waals surface area contributed by atoms with E-state index in [-0.39, 0.29) is 18.4 Å². The summed E-state index contributed by atoms with van der Waals surface area (Å²) in [5.74, 6) is -0.558. The molecular formula is C19H22N2O4S. The van der Waals surface area contributed by atoms with E-state index in [1.165, 1.54) is 11.3 Å². The molecule has 2 aromatic rings. The lowest BCUT2D eigenvalue weighted by molar-refractivity contribution is -0.143. The second kappa shape index (κ2) is 7.86. The Morgan fingerprint density at radius 2 is 2.08 bits per heavy atom. The topological polar surface area (TPSA) is 79.7 Å². The molecule has 1 aliphatic heterocycles. The molecule has 1 aromatic heterocycles. The zero-order valence-electron chi connectivity index (χ0n) is 14.8. The van der Waals surface area contributed by atoms with Gasteiger partial charge in [0.1, 0.15) is 10.8 Å². The number of amides is 1. The zero-order chi connectivity index (χ0) is 18.7. The number of nitrogens with zero attached hydrogens (tertiary/aromatic N) is 2. The average molecular weight is 374 g/mol. The summed E-state index contributed by atoms with van der Waals surface area (Å²) in [7, 11) is 0. The average Bonchev–Trinajstić information content (AvgIpc) is 3.22. The van der Waals surface area contributed by atoms with Gasteiger partial charge in [0, 0.05) is 23.5 Å². The van der Waals surface area contributed by atoms with Crippen molar-refractivity contribution in [2.45, 2.75) is 32.7 Å². The second-order valence-electron chi connectivity index (χ2n) is 6.34. The molecule has 2 unspecified atom stereocenters. The number of aromatic nitrogens is 1. The Morgan fingerprint density at radius 3 is 2.69 bits per heavy atom. The van der Waals surface area contributed by atoms with Crippen molar-refractivity contribution in [3.05, 3.63) is 35.3 Å². The molecule has 1 fully saturated rings. The third kappa shape index (κ3) is 3.88. The first kappa shape index (κ1) is 18.4. The van der Waals surface area contributed by atoms with Gasteiger partial charge in [0.25, 0.3) is 0 Å². The van der Waals surface area contributed by atoms with Gasteiger partial charge in [-0.3, -0.25) is 9.59 Å². The quantitative estimate of drug-likeness (QED) is 0.840. The van der Waals surface area contributed by atoms with E-state index in [1.54, 1.807) is 11.8 Å². The van der Waals surface area contributed by atoms with Gasteiger partial charge in [0.2, 0.25) is 5.91 Å². The van der Waals surface area contributed by atoms with E-state index in [2.05, 4.69) is 4.98 Å². The van der Waals surface area contributed by atoms with Crippen LogP contribution in [0.15, 0.2) is 29.6 Å². The van der Waals surface area contributed by atoms with Crippen LogP contribution in [-0.4, -0.2) is 46.1 Å². The van der Waals surface area contributed by atoms with Gasteiger partial charge < -0.3 is 14.7 Å². The lowest BCUT2D eigenvalue weighted by Crippen LogP contribution is -2.38. The number of rotatable bonds is 6. The molecule has 0 saturated carbocycles. The van der Waals surface area contributed by atoms with E-state index in [0.717, 1.165) is 22.0 Å². The van der Waals surface area contributed by atoms with Crippen molar-refractivity contribution in [1.29, 1.82) is 0 Å². The summed E-state index contributed by atoms with van der Waals surface area (Å²) in [4.78, 5) is 30.0. The Balaban J connectivity index is 1.65. The van der Waals surface area contributed by atoms with Crippen molar-refractivity contribution in [2.75, 3.05) is 13.2 Å². The predicted octanol–water partition coefficient (Wildman–Crippen LogP) is 3.07. The summed E-state index contributed by atoms with van der Waals surface area (Å²) in [6, 6.07) is 7.45. The van der Waals surface area contributed by atoms with E-state index in [0.29, 0.717) is 19.6 Å². The number of carbonyl (C=O) groups excluding carboxylic acids is 1. The number of hydrogen-bond acceptors (Lipinski definition) is 5. The molecule has 2 heterocycles. The van der Waals surface area contributed by atoms with Gasteiger partial charge in [-0.25, -0.2) is 4.98 Å². The third-order valence-electron chi connectivity index (χ3n) is 4.69. The minimum absolute atomic E-state index is 0.0650. The molecule has 2 atom stereocenters. The van der Waals surface area contributed by atoms with Crippen LogP contribution in [-0.2, 0) is 16.0 Å². The fourth-order valence-corrected chi connectivity index (χ4v) is 4.09. The monoisotopic (exact) mass is 374 g/mol. The molecule has 138 valence electrons. The van der Waals surface area contributed by atoms with Crippen LogP contribution in [0.1, 0.15) is 26.0 Å². The van der Waals surface area contributed by atoms with Crippen molar-refractivity contribution in [3.63, 3.8) is 0 Å². The molecule has 1 aromatic carbocycles. The molecule has 0 spiro atoms. The summed E-state index contributed by atoms with van der Waals surface area (Å²) in [5, 5.41) is 11.9. The minimum Gasteiger partial charge on any atom is -0.494 e. The zero-order valence-corrected chi connectivity index (χ0v) is 15.7. The van der Waals surface area contributed by atoms with E-state index in [1.807, 2.05) is 36.6 Å². The summed E-state index contributed by atoms with van der Waals surface area (Å²) in [6.45, 7) is 4.86. The fourth-order valence-electron chi connectivity index (χ4n) is 3.26. The Kier molecular flexibility index (Phi) is 5.56. The number of ether oxygens (including phenoxy) is 1. The number of aliphatic carboxylic acids is 1. The maximum atomic E-state index is 12.5. The first-order chi connectivity index (χ1) is 12.5. The molecule has 7 heteroatoms. The molecule has 3 rings (SSSR count). The summed E-state index contributed by atoms with van der Waals surface area (Å²) < 4.78 is 5.44. The van der Waals surface area contributed by atoms with Crippen LogP contribution in [0.25, 0.3) is 10.6 Å². The molecule has 1 amide bonds. The van der Waals surface area contributed by atoms with Crippen LogP contribution in [0.2, 0.25) is 0 Å². The second-order valence-corrected chi connectivity index (χ2v) is 7.20. The van der Waals surface area contributed by atoms with Crippen molar-refractivity contribution >= 4 is 23.2 Å². The highest BCUT2D eigenvalue weighted by atomic mass is 32.1. The number of carboxylic acids is 1. The van der Waals surface area contributed by atoms with Gasteiger partial charge in [-0.1, -0.05) is 0 Å². The van der Waals surface area contributed by atoms with Gasteiger partial charge in [0.05, 0.1) is 24.6 Å². The normalized spacial score (nSPS) is 19.5. The molecule has 1 N–H and O–H groups in total. The molecule has 6 nitrogen and oxygen atoms in total. The van der Waals surface area contributed by atoms with Gasteiger partial charge in [-0.05, 0) is 44.5 Å². The van der Waals surface area contributed by atoms with Crippen LogP contribution in [0.4, 0.5) is 0 Å². The van der Waals surface area contributed by atoms with Gasteiger partial charge in [-0.15, -0.1) is 11.3 Å². The summed E-state index contributed by atoms with van der Waals surface area (Å²) in [6.07, 6.45) is 0.709. The number of likely N-dealkylation sites (tertiary alicyclic amines) is 1. The molecule has 1 saturated heterocycles. The maximum absolute atomic E-state index is 12.5. The van der Waals surface area contributed by atoms with E-state index < -0.39 is 11.9 Å². The molecule has 0 aliphatic carbocycles. The highest BCUT2D eigenvalue weighted by molar-refractivity contribution is 7.13. The van der Waals surface area contributed by atoms with Crippen molar-refractivity contribution in [2.24, 2.45) is 5.92 Å². The van der Waals surface area contributed by atoms with E-state index in [9.17, 15) is 14.7 Å². The van der Waals surface area contributed by atoms with Crippen molar-refractivity contribution in [1.82, 2.24) is 9.88 Å². The SMILES string of the molecule is CCOc1ccc(-c2nc(CC(=O)N3CCC(C(=O)O)C3C)cs2)cc1.